The molecule has 1 aliphatic rings. The molecule has 1 atom stereocenters. The van der Waals surface area contributed by atoms with E-state index in [0.29, 0.717) is 27.7 Å². The number of benzene rings is 2. The second-order valence-electron chi connectivity index (χ2n) is 6.75. The van der Waals surface area contributed by atoms with Gasteiger partial charge < -0.3 is 14.4 Å². The van der Waals surface area contributed by atoms with E-state index in [4.69, 9.17) is 20.9 Å². The third kappa shape index (κ3) is 3.33. The van der Waals surface area contributed by atoms with Crippen molar-refractivity contribution in [2.75, 3.05) is 12.0 Å². The minimum Gasteiger partial charge on any atom is -0.507 e. The maximum atomic E-state index is 13.0. The first-order valence-electron chi connectivity index (χ1n) is 9.05. The lowest BCUT2D eigenvalue weighted by molar-refractivity contribution is -0.132. The van der Waals surface area contributed by atoms with Crippen LogP contribution in [0.3, 0.4) is 0 Å². The Labute approximate surface area is 177 Å². The second kappa shape index (κ2) is 7.68. The lowest BCUT2D eigenvalue weighted by atomic mass is 9.95. The number of amides is 1. The molecule has 1 saturated heterocycles. The number of anilines is 1. The average molecular weight is 425 g/mol. The van der Waals surface area contributed by atoms with Gasteiger partial charge in [-0.1, -0.05) is 41.0 Å². The number of carbonyl (C=O) groups excluding carboxylic acids is 2. The Balaban J connectivity index is 1.95. The Hall–Kier alpha value is -3.58. The van der Waals surface area contributed by atoms with Crippen LogP contribution >= 0.6 is 11.6 Å². The number of rotatable bonds is 4. The third-order valence-corrected chi connectivity index (χ3v) is 5.05. The summed E-state index contributed by atoms with van der Waals surface area (Å²) < 4.78 is 10.3. The Morgan fingerprint density at radius 3 is 2.60 bits per heavy atom. The van der Waals surface area contributed by atoms with Crippen molar-refractivity contribution >= 4 is 34.9 Å². The van der Waals surface area contributed by atoms with Crippen molar-refractivity contribution in [2.24, 2.45) is 0 Å². The maximum absolute atomic E-state index is 13.0. The van der Waals surface area contributed by atoms with E-state index in [0.717, 1.165) is 0 Å². The first-order valence-corrected chi connectivity index (χ1v) is 9.42. The first-order chi connectivity index (χ1) is 14.4. The highest BCUT2D eigenvalue weighted by molar-refractivity contribution is 6.51. The molecule has 4 rings (SSSR count). The normalized spacial score (nSPS) is 18.1. The molecule has 1 aromatic heterocycles. The quantitative estimate of drug-likeness (QED) is 0.382. The number of hydrogen-bond acceptors (Lipinski definition) is 6. The van der Waals surface area contributed by atoms with Gasteiger partial charge in [-0.2, -0.15) is 0 Å². The summed E-state index contributed by atoms with van der Waals surface area (Å²) in [5.41, 5.74) is 0.818. The molecular formula is C22H17ClN2O5. The van der Waals surface area contributed by atoms with Crippen molar-refractivity contribution in [3.8, 4) is 5.75 Å². The van der Waals surface area contributed by atoms with Crippen LogP contribution in [0.5, 0.6) is 5.75 Å². The standard InChI is InChI=1S/C22H17ClN2O5/c1-12-9-17(24-30-12)25-19(13-5-3-7-15(23)10-13)18(21(27)22(25)28)20(26)14-6-4-8-16(11-14)29-2/h3-11,19,26H,1-2H3/t19-/m1/s1. The highest BCUT2D eigenvalue weighted by Crippen LogP contribution is 2.42. The number of nitrogens with zero attached hydrogens (tertiary/aromatic N) is 2. The van der Waals surface area contributed by atoms with Gasteiger partial charge in [0.2, 0.25) is 0 Å². The number of aryl methyl sites for hydroxylation is 1. The van der Waals surface area contributed by atoms with Crippen LogP contribution < -0.4 is 9.64 Å². The highest BCUT2D eigenvalue weighted by Gasteiger charge is 2.48. The van der Waals surface area contributed by atoms with E-state index in [1.807, 2.05) is 0 Å². The van der Waals surface area contributed by atoms with Crippen molar-refractivity contribution in [3.63, 3.8) is 0 Å². The van der Waals surface area contributed by atoms with Gasteiger partial charge in [-0.05, 0) is 36.8 Å². The molecule has 30 heavy (non-hydrogen) atoms. The number of halogens is 1. The number of methoxy groups -OCH3 is 1. The highest BCUT2D eigenvalue weighted by atomic mass is 35.5. The van der Waals surface area contributed by atoms with Crippen molar-refractivity contribution in [1.82, 2.24) is 5.16 Å². The van der Waals surface area contributed by atoms with E-state index in [-0.39, 0.29) is 17.2 Å². The number of ether oxygens (including phenoxy) is 1. The average Bonchev–Trinajstić information content (AvgIpc) is 3.28. The van der Waals surface area contributed by atoms with Gasteiger partial charge in [0, 0.05) is 16.7 Å². The number of ketones is 1. The minimum absolute atomic E-state index is 0.0730. The number of hydrogen-bond donors (Lipinski definition) is 1. The van der Waals surface area contributed by atoms with Gasteiger partial charge >= 0.3 is 5.91 Å². The predicted octanol–water partition coefficient (Wildman–Crippen LogP) is 4.27. The molecule has 2 heterocycles. The Morgan fingerprint density at radius 2 is 1.93 bits per heavy atom. The van der Waals surface area contributed by atoms with Gasteiger partial charge in [0.1, 0.15) is 17.3 Å². The maximum Gasteiger partial charge on any atom is 0.301 e. The van der Waals surface area contributed by atoms with Crippen LogP contribution in [-0.2, 0) is 9.59 Å². The molecule has 0 spiro atoms. The van der Waals surface area contributed by atoms with Crippen LogP contribution in [0.4, 0.5) is 5.82 Å². The summed E-state index contributed by atoms with van der Waals surface area (Å²) in [6, 6.07) is 14.0. The largest absolute Gasteiger partial charge is 0.507 e. The second-order valence-corrected chi connectivity index (χ2v) is 7.19. The molecule has 152 valence electrons. The monoisotopic (exact) mass is 424 g/mol. The molecule has 1 aliphatic heterocycles. The minimum atomic E-state index is -0.931. The molecular weight excluding hydrogens is 408 g/mol. The summed E-state index contributed by atoms with van der Waals surface area (Å²) in [6.45, 7) is 1.68. The van der Waals surface area contributed by atoms with Gasteiger partial charge in [-0.25, -0.2) is 0 Å². The summed E-state index contributed by atoms with van der Waals surface area (Å²) in [5.74, 6) is -0.827. The molecule has 0 bridgehead atoms. The zero-order chi connectivity index (χ0) is 21.4. The van der Waals surface area contributed by atoms with Crippen LogP contribution in [-0.4, -0.2) is 29.1 Å². The molecule has 7 nitrogen and oxygen atoms in total. The SMILES string of the molecule is COc1cccc(C(O)=C2C(=O)C(=O)N(c3cc(C)on3)[C@@H]2c2cccc(Cl)c2)c1. The predicted molar refractivity (Wildman–Crippen MR) is 110 cm³/mol. The summed E-state index contributed by atoms with van der Waals surface area (Å²) in [4.78, 5) is 27.2. The lowest BCUT2D eigenvalue weighted by Crippen LogP contribution is -2.29. The number of aromatic nitrogens is 1. The Bertz CT molecular complexity index is 1180. The van der Waals surface area contributed by atoms with E-state index in [1.165, 1.54) is 12.0 Å². The molecule has 0 unspecified atom stereocenters. The van der Waals surface area contributed by atoms with Crippen molar-refractivity contribution in [3.05, 3.63) is 82.1 Å². The Kier molecular flexibility index (Phi) is 5.05. The van der Waals surface area contributed by atoms with Crippen LogP contribution in [0, 0.1) is 6.92 Å². The molecule has 0 radical (unpaired) electrons. The fourth-order valence-electron chi connectivity index (χ4n) is 3.45. The molecule has 2 aromatic carbocycles. The zero-order valence-corrected chi connectivity index (χ0v) is 16.9. The van der Waals surface area contributed by atoms with E-state index >= 15 is 0 Å². The van der Waals surface area contributed by atoms with E-state index in [2.05, 4.69) is 5.16 Å². The molecule has 8 heteroatoms. The number of aliphatic hydroxyl groups excluding tert-OH is 1. The fourth-order valence-corrected chi connectivity index (χ4v) is 3.65. The van der Waals surface area contributed by atoms with Crippen LogP contribution in [0.25, 0.3) is 5.76 Å². The molecule has 1 fully saturated rings. The molecule has 3 aromatic rings. The van der Waals surface area contributed by atoms with Gasteiger partial charge in [-0.15, -0.1) is 0 Å². The lowest BCUT2D eigenvalue weighted by Gasteiger charge is -2.23. The molecule has 1 amide bonds. The smallest absolute Gasteiger partial charge is 0.301 e. The fraction of sp³-hybridized carbons (Fsp3) is 0.136. The van der Waals surface area contributed by atoms with E-state index in [1.54, 1.807) is 61.5 Å². The molecule has 0 aliphatic carbocycles. The van der Waals surface area contributed by atoms with Crippen LogP contribution in [0.1, 0.15) is 22.9 Å². The Morgan fingerprint density at radius 1 is 1.17 bits per heavy atom. The van der Waals surface area contributed by atoms with Gasteiger partial charge in [0.25, 0.3) is 5.78 Å². The third-order valence-electron chi connectivity index (χ3n) is 4.81. The van der Waals surface area contributed by atoms with E-state index in [9.17, 15) is 14.7 Å². The van der Waals surface area contributed by atoms with E-state index < -0.39 is 17.7 Å². The number of Topliss-reactive ketones (excluding diaryl/α,β-unsaturated/α-hetero) is 1. The number of carbonyl (C=O) groups is 2. The van der Waals surface area contributed by atoms with Crippen LogP contribution in [0.15, 0.2) is 64.7 Å². The van der Waals surface area contributed by atoms with Crippen molar-refractivity contribution < 1.29 is 24.0 Å². The molecule has 1 N–H and O–H groups in total. The zero-order valence-electron chi connectivity index (χ0n) is 16.1. The van der Waals surface area contributed by atoms with Crippen molar-refractivity contribution in [2.45, 2.75) is 13.0 Å². The summed E-state index contributed by atoms with van der Waals surface area (Å²) in [7, 11) is 1.50. The van der Waals surface area contributed by atoms with Gasteiger partial charge in [0.15, 0.2) is 5.82 Å². The first kappa shape index (κ1) is 19.7. The summed E-state index contributed by atoms with van der Waals surface area (Å²) >= 11 is 6.16. The topological polar surface area (TPSA) is 92.9 Å². The van der Waals surface area contributed by atoms with Crippen LogP contribution in [0.2, 0.25) is 5.02 Å². The molecule has 0 saturated carbocycles. The van der Waals surface area contributed by atoms with Gasteiger partial charge in [-0.3, -0.25) is 14.5 Å². The van der Waals surface area contributed by atoms with Gasteiger partial charge in [0.05, 0.1) is 18.7 Å². The summed E-state index contributed by atoms with van der Waals surface area (Å²) in [6.07, 6.45) is 0. The number of aliphatic hydroxyl groups is 1. The van der Waals surface area contributed by atoms with Crippen molar-refractivity contribution in [1.29, 1.82) is 0 Å². The summed E-state index contributed by atoms with van der Waals surface area (Å²) in [5, 5.41) is 15.4.